The van der Waals surface area contributed by atoms with Gasteiger partial charge in [-0.05, 0) is 54.4 Å². The van der Waals surface area contributed by atoms with Crippen LogP contribution in [0, 0.1) is 6.92 Å². The van der Waals surface area contributed by atoms with E-state index in [9.17, 15) is 14.4 Å². The SMILES string of the molecule is COC(=O)c1c(-c2cc(OC)c(OC)c(OC)c2)c2ccn(Cc3ncccn3)c(=O)c2c(=O)n1Cc1ccnc(C)c1. The number of pyridine rings is 3. The maximum Gasteiger partial charge on any atom is 0.355 e. The third-order valence-electron chi connectivity index (χ3n) is 6.97. The van der Waals surface area contributed by atoms with Crippen LogP contribution < -0.4 is 25.3 Å². The molecule has 0 aliphatic carbocycles. The van der Waals surface area contributed by atoms with E-state index in [0.29, 0.717) is 34.2 Å². The van der Waals surface area contributed by atoms with E-state index < -0.39 is 17.1 Å². The van der Waals surface area contributed by atoms with E-state index in [1.807, 2.05) is 6.92 Å². The molecule has 5 rings (SSSR count). The van der Waals surface area contributed by atoms with Crippen LogP contribution in [0.1, 0.15) is 27.6 Å². The topological polar surface area (TPSA) is 137 Å². The van der Waals surface area contributed by atoms with Gasteiger partial charge < -0.3 is 23.5 Å². The first-order chi connectivity index (χ1) is 20.8. The Morgan fingerprint density at radius 3 is 2.14 bits per heavy atom. The Bertz CT molecular complexity index is 1930. The van der Waals surface area contributed by atoms with Crippen LogP contribution in [-0.4, -0.2) is 58.5 Å². The molecule has 1 aromatic carbocycles. The number of carbonyl (C=O) groups excluding carboxylic acids is 1. The second-order valence-corrected chi connectivity index (χ2v) is 9.53. The van der Waals surface area contributed by atoms with E-state index in [-0.39, 0.29) is 35.1 Å². The summed E-state index contributed by atoms with van der Waals surface area (Å²) >= 11 is 0. The van der Waals surface area contributed by atoms with Gasteiger partial charge in [0.25, 0.3) is 11.1 Å². The van der Waals surface area contributed by atoms with Gasteiger partial charge in [-0.2, -0.15) is 0 Å². The molecule has 0 fully saturated rings. The molecule has 43 heavy (non-hydrogen) atoms. The van der Waals surface area contributed by atoms with E-state index in [4.69, 9.17) is 18.9 Å². The summed E-state index contributed by atoms with van der Waals surface area (Å²) in [6.45, 7) is 1.83. The van der Waals surface area contributed by atoms with Crippen molar-refractivity contribution < 1.29 is 23.7 Å². The van der Waals surface area contributed by atoms with Crippen LogP contribution in [0.5, 0.6) is 17.2 Å². The molecular formula is C31H29N5O7. The van der Waals surface area contributed by atoms with E-state index in [0.717, 1.165) is 5.69 Å². The number of nitrogens with zero attached hydrogens (tertiary/aromatic N) is 5. The van der Waals surface area contributed by atoms with Gasteiger partial charge in [0.05, 0.1) is 41.5 Å². The molecule has 0 N–H and O–H groups in total. The Morgan fingerprint density at radius 1 is 0.837 bits per heavy atom. The summed E-state index contributed by atoms with van der Waals surface area (Å²) in [5, 5.41) is 0.123. The monoisotopic (exact) mass is 583 g/mol. The normalized spacial score (nSPS) is 10.9. The number of methoxy groups -OCH3 is 4. The molecular weight excluding hydrogens is 554 g/mol. The van der Waals surface area contributed by atoms with Crippen molar-refractivity contribution in [3.8, 4) is 28.4 Å². The van der Waals surface area contributed by atoms with Crippen molar-refractivity contribution in [1.29, 1.82) is 0 Å². The van der Waals surface area contributed by atoms with Crippen LogP contribution in [0.4, 0.5) is 0 Å². The van der Waals surface area contributed by atoms with Gasteiger partial charge in [0.2, 0.25) is 5.75 Å². The van der Waals surface area contributed by atoms with Gasteiger partial charge in [-0.3, -0.25) is 19.1 Å². The molecule has 4 aromatic heterocycles. The summed E-state index contributed by atoms with van der Waals surface area (Å²) in [5.74, 6) is 0.599. The standard InChI is InChI=1S/C31H29N5O7/c1-18-13-19(7-11-32-18)16-36-27(31(39)43-5)25(20-14-22(40-2)28(42-4)23(15-20)41-3)21-8-12-35(29(37)26(21)30(36)38)17-24-33-9-6-10-34-24/h6-15H,16-17H2,1-5H3. The Hall–Kier alpha value is -5.52. The molecule has 0 radical (unpaired) electrons. The number of aryl methyl sites for hydroxylation is 1. The highest BCUT2D eigenvalue weighted by molar-refractivity contribution is 6.07. The van der Waals surface area contributed by atoms with Crippen molar-refractivity contribution in [2.24, 2.45) is 0 Å². The highest BCUT2D eigenvalue weighted by Gasteiger charge is 2.28. The van der Waals surface area contributed by atoms with Gasteiger partial charge >= 0.3 is 5.97 Å². The molecule has 0 saturated carbocycles. The summed E-state index contributed by atoms with van der Waals surface area (Å²) in [6.07, 6.45) is 6.30. The third kappa shape index (κ3) is 5.42. The average molecular weight is 584 g/mol. The predicted octanol–water partition coefficient (Wildman–Crippen LogP) is 3.23. The molecule has 12 nitrogen and oxygen atoms in total. The Kier molecular flexibility index (Phi) is 8.19. The third-order valence-corrected chi connectivity index (χ3v) is 6.97. The van der Waals surface area contributed by atoms with E-state index in [2.05, 4.69) is 15.0 Å². The minimum absolute atomic E-state index is 0.0316. The molecule has 0 atom stereocenters. The Morgan fingerprint density at radius 2 is 1.53 bits per heavy atom. The number of fused-ring (bicyclic) bond motifs is 1. The number of aromatic nitrogens is 5. The van der Waals surface area contributed by atoms with Crippen molar-refractivity contribution >= 4 is 16.7 Å². The minimum Gasteiger partial charge on any atom is -0.493 e. The van der Waals surface area contributed by atoms with Gasteiger partial charge in [-0.1, -0.05) is 0 Å². The summed E-state index contributed by atoms with van der Waals surface area (Å²) in [6, 6.07) is 10.1. The lowest BCUT2D eigenvalue weighted by molar-refractivity contribution is 0.0588. The molecule has 220 valence electrons. The molecule has 0 aliphatic rings. The zero-order valence-corrected chi connectivity index (χ0v) is 24.3. The van der Waals surface area contributed by atoms with Crippen molar-refractivity contribution in [2.75, 3.05) is 28.4 Å². The van der Waals surface area contributed by atoms with E-state index in [1.165, 1.54) is 37.6 Å². The van der Waals surface area contributed by atoms with Gasteiger partial charge in [0, 0.05) is 41.4 Å². The molecule has 0 amide bonds. The van der Waals surface area contributed by atoms with Crippen molar-refractivity contribution in [3.63, 3.8) is 0 Å². The highest BCUT2D eigenvalue weighted by atomic mass is 16.5. The fourth-order valence-electron chi connectivity index (χ4n) is 5.04. The van der Waals surface area contributed by atoms with Crippen LogP contribution in [0.2, 0.25) is 0 Å². The number of hydrogen-bond donors (Lipinski definition) is 0. The van der Waals surface area contributed by atoms with Crippen LogP contribution in [0.15, 0.2) is 70.8 Å². The number of esters is 1. The number of carbonyl (C=O) groups is 1. The first-order valence-electron chi connectivity index (χ1n) is 13.2. The Labute approximate surface area is 246 Å². The van der Waals surface area contributed by atoms with Crippen LogP contribution in [0.25, 0.3) is 21.9 Å². The lowest BCUT2D eigenvalue weighted by Crippen LogP contribution is -2.34. The molecule has 4 heterocycles. The summed E-state index contributed by atoms with van der Waals surface area (Å²) in [5.41, 5.74) is 0.862. The molecule has 12 heteroatoms. The zero-order chi connectivity index (χ0) is 30.7. The second-order valence-electron chi connectivity index (χ2n) is 9.53. The first-order valence-corrected chi connectivity index (χ1v) is 13.2. The van der Waals surface area contributed by atoms with Crippen LogP contribution in [-0.2, 0) is 17.8 Å². The van der Waals surface area contributed by atoms with Crippen molar-refractivity contribution in [1.82, 2.24) is 24.1 Å². The highest BCUT2D eigenvalue weighted by Crippen LogP contribution is 2.43. The smallest absolute Gasteiger partial charge is 0.355 e. The maximum atomic E-state index is 14.2. The van der Waals surface area contributed by atoms with Gasteiger partial charge in [-0.15, -0.1) is 0 Å². The fourth-order valence-corrected chi connectivity index (χ4v) is 5.04. The molecule has 0 aliphatic heterocycles. The van der Waals surface area contributed by atoms with Crippen molar-refractivity contribution in [2.45, 2.75) is 20.0 Å². The van der Waals surface area contributed by atoms with Crippen molar-refractivity contribution in [3.05, 3.63) is 105 Å². The minimum atomic E-state index is -0.768. The molecule has 0 bridgehead atoms. The zero-order valence-electron chi connectivity index (χ0n) is 24.3. The number of hydrogen-bond acceptors (Lipinski definition) is 10. The summed E-state index contributed by atoms with van der Waals surface area (Å²) in [4.78, 5) is 54.4. The van der Waals surface area contributed by atoms with Crippen LogP contribution >= 0.6 is 0 Å². The lowest BCUT2D eigenvalue weighted by Gasteiger charge is -2.21. The summed E-state index contributed by atoms with van der Waals surface area (Å²) < 4.78 is 24.5. The molecule has 0 spiro atoms. The van der Waals surface area contributed by atoms with E-state index >= 15 is 0 Å². The largest absolute Gasteiger partial charge is 0.493 e. The molecule has 0 saturated heterocycles. The Balaban J connectivity index is 1.91. The van der Waals surface area contributed by atoms with Gasteiger partial charge in [0.1, 0.15) is 16.9 Å². The quantitative estimate of drug-likeness (QED) is 0.238. The fraction of sp³-hybridized carbons (Fsp3) is 0.226. The average Bonchev–Trinajstić information content (AvgIpc) is 3.02. The lowest BCUT2D eigenvalue weighted by atomic mass is 9.96. The first kappa shape index (κ1) is 29.0. The summed E-state index contributed by atoms with van der Waals surface area (Å²) in [7, 11) is 5.65. The van der Waals surface area contributed by atoms with E-state index in [1.54, 1.807) is 61.2 Å². The predicted molar refractivity (Wildman–Crippen MR) is 158 cm³/mol. The van der Waals surface area contributed by atoms with Gasteiger partial charge in [0.15, 0.2) is 11.5 Å². The molecule has 5 aromatic rings. The van der Waals surface area contributed by atoms with Crippen LogP contribution in [0.3, 0.4) is 0 Å². The molecule has 0 unspecified atom stereocenters. The maximum absolute atomic E-state index is 14.2. The number of rotatable bonds is 9. The number of ether oxygens (including phenoxy) is 4. The second kappa shape index (κ2) is 12.1. The van der Waals surface area contributed by atoms with Gasteiger partial charge in [-0.25, -0.2) is 14.8 Å². The number of benzene rings is 1.